The molecule has 0 radical (unpaired) electrons. The van der Waals surface area contributed by atoms with Gasteiger partial charge in [0.1, 0.15) is 0 Å². The van der Waals surface area contributed by atoms with E-state index in [2.05, 4.69) is 35.0 Å². The predicted molar refractivity (Wildman–Crippen MR) is 96.3 cm³/mol. The topological polar surface area (TPSA) is 15.6 Å². The molecule has 1 heterocycles. The normalized spacial score (nSPS) is 15.0. The monoisotopic (exact) mass is 332 g/mol. The van der Waals surface area contributed by atoms with E-state index in [-0.39, 0.29) is 0 Å². The second-order valence-electron chi connectivity index (χ2n) is 5.57. The number of hydrogen-bond donors (Lipinski definition) is 0. The molecule has 0 amide bonds. The standard InChI is InChI=1S/C18H18Cl2N2/c1-13-11-14(7-8-17(13)22-9-2-3-10-22)12-21-16-6-4-5-15(19)18(16)20/h4-8,11-12H,2-3,9-10H2,1H3. The van der Waals surface area contributed by atoms with Gasteiger partial charge >= 0.3 is 0 Å². The van der Waals surface area contributed by atoms with Gasteiger partial charge in [-0.15, -0.1) is 0 Å². The Morgan fingerprint density at radius 3 is 2.59 bits per heavy atom. The lowest BCUT2D eigenvalue weighted by Crippen LogP contribution is -2.18. The summed E-state index contributed by atoms with van der Waals surface area (Å²) in [6, 6.07) is 11.9. The van der Waals surface area contributed by atoms with Gasteiger partial charge in [-0.3, -0.25) is 4.99 Å². The number of aliphatic imine (C=N–C) groups is 1. The molecule has 0 bridgehead atoms. The summed E-state index contributed by atoms with van der Waals surface area (Å²) in [7, 11) is 0. The molecular weight excluding hydrogens is 315 g/mol. The van der Waals surface area contributed by atoms with Gasteiger partial charge in [0.25, 0.3) is 0 Å². The maximum Gasteiger partial charge on any atom is 0.0848 e. The first kappa shape index (κ1) is 15.4. The average Bonchev–Trinajstić information content (AvgIpc) is 3.03. The molecule has 1 aliphatic heterocycles. The number of benzene rings is 2. The van der Waals surface area contributed by atoms with Crippen molar-refractivity contribution in [3.05, 3.63) is 57.6 Å². The molecular formula is C18H18Cl2N2. The Bertz CT molecular complexity index is 704. The first-order valence-electron chi connectivity index (χ1n) is 7.49. The van der Waals surface area contributed by atoms with Crippen LogP contribution < -0.4 is 4.90 Å². The Morgan fingerprint density at radius 2 is 1.86 bits per heavy atom. The number of aryl methyl sites for hydroxylation is 1. The van der Waals surface area contributed by atoms with Crippen molar-refractivity contribution in [3.8, 4) is 0 Å². The van der Waals surface area contributed by atoms with E-state index in [1.54, 1.807) is 6.07 Å². The van der Waals surface area contributed by atoms with Gasteiger partial charge in [0.05, 0.1) is 15.7 Å². The maximum atomic E-state index is 6.15. The number of anilines is 1. The maximum absolute atomic E-state index is 6.15. The molecule has 114 valence electrons. The molecule has 2 nitrogen and oxygen atoms in total. The van der Waals surface area contributed by atoms with Gasteiger partial charge in [-0.1, -0.05) is 35.3 Å². The highest BCUT2D eigenvalue weighted by Gasteiger charge is 2.14. The van der Waals surface area contributed by atoms with E-state index in [9.17, 15) is 0 Å². The minimum absolute atomic E-state index is 0.492. The summed E-state index contributed by atoms with van der Waals surface area (Å²) >= 11 is 12.2. The van der Waals surface area contributed by atoms with E-state index in [1.807, 2.05) is 18.3 Å². The fourth-order valence-electron chi connectivity index (χ4n) is 2.81. The third-order valence-electron chi connectivity index (χ3n) is 3.95. The second kappa shape index (κ2) is 6.72. The lowest BCUT2D eigenvalue weighted by Gasteiger charge is -2.20. The van der Waals surface area contributed by atoms with Gasteiger partial charge < -0.3 is 4.90 Å². The number of hydrogen-bond acceptors (Lipinski definition) is 2. The van der Waals surface area contributed by atoms with Crippen LogP contribution >= 0.6 is 23.2 Å². The number of nitrogens with zero attached hydrogens (tertiary/aromatic N) is 2. The molecule has 0 N–H and O–H groups in total. The Morgan fingerprint density at radius 1 is 1.09 bits per heavy atom. The molecule has 2 aromatic carbocycles. The summed E-state index contributed by atoms with van der Waals surface area (Å²) in [6.45, 7) is 4.47. The van der Waals surface area contributed by atoms with Gasteiger partial charge in [0, 0.05) is 25.0 Å². The smallest absolute Gasteiger partial charge is 0.0848 e. The van der Waals surface area contributed by atoms with Crippen molar-refractivity contribution in [2.75, 3.05) is 18.0 Å². The Balaban J connectivity index is 1.82. The van der Waals surface area contributed by atoms with E-state index < -0.39 is 0 Å². The quantitative estimate of drug-likeness (QED) is 0.663. The molecule has 22 heavy (non-hydrogen) atoms. The molecule has 0 aromatic heterocycles. The van der Waals surface area contributed by atoms with Crippen LogP contribution in [-0.2, 0) is 0 Å². The molecule has 2 aromatic rings. The number of halogens is 2. The highest BCUT2D eigenvalue weighted by atomic mass is 35.5. The molecule has 0 spiro atoms. The third-order valence-corrected chi connectivity index (χ3v) is 4.76. The molecule has 4 heteroatoms. The lowest BCUT2D eigenvalue weighted by molar-refractivity contribution is 0.949. The summed E-state index contributed by atoms with van der Waals surface area (Å²) in [5, 5.41) is 1.02. The van der Waals surface area contributed by atoms with Gasteiger partial charge in [-0.05, 0) is 55.2 Å². The van der Waals surface area contributed by atoms with Crippen molar-refractivity contribution >= 4 is 40.8 Å². The second-order valence-corrected chi connectivity index (χ2v) is 6.36. The highest BCUT2D eigenvalue weighted by molar-refractivity contribution is 6.43. The minimum Gasteiger partial charge on any atom is -0.371 e. The highest BCUT2D eigenvalue weighted by Crippen LogP contribution is 2.31. The van der Waals surface area contributed by atoms with Crippen LogP contribution in [-0.4, -0.2) is 19.3 Å². The summed E-state index contributed by atoms with van der Waals surface area (Å²) < 4.78 is 0. The molecule has 1 fully saturated rings. The SMILES string of the molecule is Cc1cc(C=Nc2cccc(Cl)c2Cl)ccc1N1CCCC1. The summed E-state index contributed by atoms with van der Waals surface area (Å²) in [4.78, 5) is 6.90. The Kier molecular flexibility index (Phi) is 4.70. The van der Waals surface area contributed by atoms with Crippen LogP contribution in [0, 0.1) is 6.92 Å². The minimum atomic E-state index is 0.492. The van der Waals surface area contributed by atoms with Gasteiger partial charge in [-0.2, -0.15) is 0 Å². The molecule has 0 aliphatic carbocycles. The zero-order valence-corrected chi connectivity index (χ0v) is 14.0. The first-order valence-corrected chi connectivity index (χ1v) is 8.24. The van der Waals surface area contributed by atoms with E-state index in [0.717, 1.165) is 18.7 Å². The molecule has 0 saturated carbocycles. The van der Waals surface area contributed by atoms with E-state index >= 15 is 0 Å². The van der Waals surface area contributed by atoms with Crippen LogP contribution in [0.2, 0.25) is 10.0 Å². The molecule has 1 saturated heterocycles. The van der Waals surface area contributed by atoms with Gasteiger partial charge in [-0.25, -0.2) is 0 Å². The zero-order valence-electron chi connectivity index (χ0n) is 12.5. The van der Waals surface area contributed by atoms with E-state index in [4.69, 9.17) is 23.2 Å². The molecule has 0 atom stereocenters. The van der Waals surface area contributed by atoms with Crippen molar-refractivity contribution in [3.63, 3.8) is 0 Å². The van der Waals surface area contributed by atoms with E-state index in [1.165, 1.54) is 24.1 Å². The first-order chi connectivity index (χ1) is 10.6. The van der Waals surface area contributed by atoms with Crippen molar-refractivity contribution in [2.24, 2.45) is 4.99 Å². The lowest BCUT2D eigenvalue weighted by atomic mass is 10.1. The fourth-order valence-corrected chi connectivity index (χ4v) is 3.15. The zero-order chi connectivity index (χ0) is 15.5. The predicted octanol–water partition coefficient (Wildman–Crippen LogP) is 5.65. The Hall–Kier alpha value is -1.51. The number of rotatable bonds is 3. The molecule has 0 unspecified atom stereocenters. The van der Waals surface area contributed by atoms with Crippen LogP contribution in [0.5, 0.6) is 0 Å². The van der Waals surface area contributed by atoms with Crippen molar-refractivity contribution < 1.29 is 0 Å². The molecule has 3 rings (SSSR count). The van der Waals surface area contributed by atoms with Crippen molar-refractivity contribution in [1.29, 1.82) is 0 Å². The van der Waals surface area contributed by atoms with Crippen molar-refractivity contribution in [1.82, 2.24) is 0 Å². The fraction of sp³-hybridized carbons (Fsp3) is 0.278. The average molecular weight is 333 g/mol. The van der Waals surface area contributed by atoms with Crippen LogP contribution in [0.3, 0.4) is 0 Å². The largest absolute Gasteiger partial charge is 0.371 e. The van der Waals surface area contributed by atoms with Crippen molar-refractivity contribution in [2.45, 2.75) is 19.8 Å². The van der Waals surface area contributed by atoms with Gasteiger partial charge in [0.2, 0.25) is 0 Å². The van der Waals surface area contributed by atoms with Crippen LogP contribution in [0.1, 0.15) is 24.0 Å². The van der Waals surface area contributed by atoms with Crippen LogP contribution in [0.4, 0.5) is 11.4 Å². The van der Waals surface area contributed by atoms with Crippen LogP contribution in [0.15, 0.2) is 41.4 Å². The molecule has 1 aliphatic rings. The van der Waals surface area contributed by atoms with Gasteiger partial charge in [0.15, 0.2) is 0 Å². The van der Waals surface area contributed by atoms with Crippen LogP contribution in [0.25, 0.3) is 0 Å². The summed E-state index contributed by atoms with van der Waals surface area (Å²) in [6.07, 6.45) is 4.41. The summed E-state index contributed by atoms with van der Waals surface area (Å²) in [5.41, 5.74) is 4.37. The Labute approximate surface area is 141 Å². The van der Waals surface area contributed by atoms with E-state index in [0.29, 0.717) is 15.7 Å². The third kappa shape index (κ3) is 3.29. The summed E-state index contributed by atoms with van der Waals surface area (Å²) in [5.74, 6) is 0.